The molecule has 4 N–H and O–H groups in total. The van der Waals surface area contributed by atoms with Gasteiger partial charge in [0.2, 0.25) is 5.91 Å². The van der Waals surface area contributed by atoms with Gasteiger partial charge >= 0.3 is 0 Å². The molecule has 6 heteroatoms. The van der Waals surface area contributed by atoms with Crippen LogP contribution in [0.5, 0.6) is 0 Å². The predicted octanol–water partition coefficient (Wildman–Crippen LogP) is 1.52. The summed E-state index contributed by atoms with van der Waals surface area (Å²) >= 11 is 10.9. The van der Waals surface area contributed by atoms with Crippen LogP contribution in [0.15, 0.2) is 18.2 Å². The van der Waals surface area contributed by atoms with Gasteiger partial charge in [0.25, 0.3) is 0 Å². The second-order valence-electron chi connectivity index (χ2n) is 3.51. The number of nitrogens with one attached hydrogen (secondary N) is 2. The SMILES string of the molecule is CNC(=O)C(C)Nc1cccc(Cl)c1C(N)=S. The largest absolute Gasteiger partial charge is 0.389 e. The second-order valence-corrected chi connectivity index (χ2v) is 4.35. The zero-order valence-electron chi connectivity index (χ0n) is 9.58. The highest BCUT2D eigenvalue weighted by Gasteiger charge is 2.15. The van der Waals surface area contributed by atoms with Gasteiger partial charge in [0.15, 0.2) is 0 Å². The van der Waals surface area contributed by atoms with E-state index in [4.69, 9.17) is 29.6 Å². The van der Waals surface area contributed by atoms with Crippen LogP contribution in [0, 0.1) is 0 Å². The number of carbonyl (C=O) groups is 1. The summed E-state index contributed by atoms with van der Waals surface area (Å²) in [6, 6.07) is 4.85. The van der Waals surface area contributed by atoms with Crippen LogP contribution in [0.3, 0.4) is 0 Å². The van der Waals surface area contributed by atoms with E-state index in [2.05, 4.69) is 10.6 Å². The van der Waals surface area contributed by atoms with E-state index in [9.17, 15) is 4.79 Å². The molecule has 4 nitrogen and oxygen atoms in total. The second kappa shape index (κ2) is 5.84. The van der Waals surface area contributed by atoms with Gasteiger partial charge in [0.05, 0.1) is 10.6 Å². The van der Waals surface area contributed by atoms with Crippen molar-refractivity contribution in [3.63, 3.8) is 0 Å². The lowest BCUT2D eigenvalue weighted by Crippen LogP contribution is -2.35. The topological polar surface area (TPSA) is 67.2 Å². The van der Waals surface area contributed by atoms with Gasteiger partial charge in [0.1, 0.15) is 11.0 Å². The molecule has 17 heavy (non-hydrogen) atoms. The van der Waals surface area contributed by atoms with Crippen LogP contribution in [0.25, 0.3) is 0 Å². The van der Waals surface area contributed by atoms with E-state index in [0.717, 1.165) is 0 Å². The molecule has 0 aliphatic heterocycles. The lowest BCUT2D eigenvalue weighted by molar-refractivity contribution is -0.121. The molecular weight excluding hydrogens is 258 g/mol. The lowest BCUT2D eigenvalue weighted by atomic mass is 10.1. The third kappa shape index (κ3) is 3.31. The Morgan fingerprint density at radius 1 is 1.53 bits per heavy atom. The minimum atomic E-state index is -0.397. The molecule has 0 saturated carbocycles. The number of anilines is 1. The van der Waals surface area contributed by atoms with Crippen LogP contribution in [0.2, 0.25) is 5.02 Å². The average Bonchev–Trinajstić information content (AvgIpc) is 2.27. The van der Waals surface area contributed by atoms with Gasteiger partial charge in [-0.15, -0.1) is 0 Å². The van der Waals surface area contributed by atoms with Crippen LogP contribution < -0.4 is 16.4 Å². The standard InChI is InChI=1S/C11H14ClN3OS/c1-6(11(16)14-2)15-8-5-3-4-7(12)9(8)10(13)17/h3-6,15H,1-2H3,(H2,13,17)(H,14,16). The van der Waals surface area contributed by atoms with Crippen molar-refractivity contribution in [1.82, 2.24) is 5.32 Å². The molecule has 1 atom stereocenters. The number of hydrogen-bond donors (Lipinski definition) is 3. The van der Waals surface area contributed by atoms with E-state index in [1.165, 1.54) is 0 Å². The Balaban J connectivity index is 3.02. The Morgan fingerprint density at radius 2 is 2.18 bits per heavy atom. The van der Waals surface area contributed by atoms with E-state index in [1.54, 1.807) is 32.2 Å². The third-order valence-corrected chi connectivity index (χ3v) is 2.79. The van der Waals surface area contributed by atoms with Gasteiger partial charge in [0, 0.05) is 12.7 Å². The van der Waals surface area contributed by atoms with Crippen molar-refractivity contribution in [2.75, 3.05) is 12.4 Å². The first-order chi connectivity index (χ1) is 7.97. The highest BCUT2D eigenvalue weighted by atomic mass is 35.5. The fraction of sp³-hybridized carbons (Fsp3) is 0.273. The molecule has 0 spiro atoms. The number of carbonyl (C=O) groups excluding carboxylic acids is 1. The van der Waals surface area contributed by atoms with Gasteiger partial charge in [-0.05, 0) is 19.1 Å². The van der Waals surface area contributed by atoms with E-state index in [1.807, 2.05) is 0 Å². The molecule has 0 fully saturated rings. The number of likely N-dealkylation sites (N-methyl/N-ethyl adjacent to an activating group) is 1. The zero-order chi connectivity index (χ0) is 13.0. The molecule has 0 radical (unpaired) electrons. The maximum absolute atomic E-state index is 11.4. The van der Waals surface area contributed by atoms with Crippen molar-refractivity contribution in [1.29, 1.82) is 0 Å². The van der Waals surface area contributed by atoms with Gasteiger partial charge in [-0.25, -0.2) is 0 Å². The molecule has 1 aromatic rings. The quantitative estimate of drug-likeness (QED) is 0.727. The molecule has 92 valence electrons. The van der Waals surface area contributed by atoms with Gasteiger partial charge in [-0.1, -0.05) is 29.9 Å². The number of amides is 1. The smallest absolute Gasteiger partial charge is 0.241 e. The fourth-order valence-corrected chi connectivity index (χ4v) is 1.96. The van der Waals surface area contributed by atoms with Crippen molar-refractivity contribution in [2.45, 2.75) is 13.0 Å². The fourth-order valence-electron chi connectivity index (χ4n) is 1.41. The Bertz CT molecular complexity index is 450. The van der Waals surface area contributed by atoms with Gasteiger partial charge in [-0.3, -0.25) is 4.79 Å². The van der Waals surface area contributed by atoms with Crippen molar-refractivity contribution >= 4 is 40.4 Å². The van der Waals surface area contributed by atoms with Crippen LogP contribution in [0.1, 0.15) is 12.5 Å². The van der Waals surface area contributed by atoms with E-state index < -0.39 is 6.04 Å². The highest BCUT2D eigenvalue weighted by Crippen LogP contribution is 2.24. The summed E-state index contributed by atoms with van der Waals surface area (Å²) in [5, 5.41) is 6.03. The van der Waals surface area contributed by atoms with Gasteiger partial charge in [-0.2, -0.15) is 0 Å². The number of benzene rings is 1. The molecule has 0 bridgehead atoms. The Hall–Kier alpha value is -1.33. The molecule has 1 rings (SSSR count). The number of hydrogen-bond acceptors (Lipinski definition) is 3. The summed E-state index contributed by atoms with van der Waals surface area (Å²) in [5.41, 5.74) is 6.82. The third-order valence-electron chi connectivity index (χ3n) is 2.27. The molecule has 1 unspecified atom stereocenters. The predicted molar refractivity (Wildman–Crippen MR) is 74.5 cm³/mol. The summed E-state index contributed by atoms with van der Waals surface area (Å²) < 4.78 is 0. The van der Waals surface area contributed by atoms with E-state index >= 15 is 0 Å². The summed E-state index contributed by atoms with van der Waals surface area (Å²) in [6.45, 7) is 1.74. The Morgan fingerprint density at radius 3 is 2.71 bits per heavy atom. The van der Waals surface area contributed by atoms with Crippen LogP contribution in [-0.4, -0.2) is 24.0 Å². The van der Waals surface area contributed by atoms with Crippen molar-refractivity contribution in [3.8, 4) is 0 Å². The van der Waals surface area contributed by atoms with Crippen molar-refractivity contribution in [2.24, 2.45) is 5.73 Å². The molecule has 1 aromatic carbocycles. The number of halogens is 1. The molecular formula is C11H14ClN3OS. The molecule has 0 aliphatic rings. The highest BCUT2D eigenvalue weighted by molar-refractivity contribution is 7.80. The Labute approximate surface area is 111 Å². The molecule has 0 aromatic heterocycles. The summed E-state index contributed by atoms with van der Waals surface area (Å²) in [7, 11) is 1.58. The summed E-state index contributed by atoms with van der Waals surface area (Å²) in [5.74, 6) is -0.126. The molecule has 0 heterocycles. The minimum absolute atomic E-state index is 0.126. The summed E-state index contributed by atoms with van der Waals surface area (Å²) in [4.78, 5) is 11.6. The normalized spacial score (nSPS) is 11.7. The van der Waals surface area contributed by atoms with Gasteiger partial charge < -0.3 is 16.4 Å². The number of nitrogens with two attached hydrogens (primary N) is 1. The number of thiocarbonyl (C=S) groups is 1. The first kappa shape index (κ1) is 13.7. The van der Waals surface area contributed by atoms with Crippen LogP contribution in [0.4, 0.5) is 5.69 Å². The van der Waals surface area contributed by atoms with Crippen LogP contribution in [-0.2, 0) is 4.79 Å². The van der Waals surface area contributed by atoms with Crippen molar-refractivity contribution < 1.29 is 4.79 Å². The van der Waals surface area contributed by atoms with E-state index in [0.29, 0.717) is 16.3 Å². The van der Waals surface area contributed by atoms with E-state index in [-0.39, 0.29) is 10.9 Å². The zero-order valence-corrected chi connectivity index (χ0v) is 11.2. The lowest BCUT2D eigenvalue weighted by Gasteiger charge is -2.17. The first-order valence-electron chi connectivity index (χ1n) is 5.03. The summed E-state index contributed by atoms with van der Waals surface area (Å²) in [6.07, 6.45) is 0. The monoisotopic (exact) mass is 271 g/mol. The van der Waals surface area contributed by atoms with Crippen molar-refractivity contribution in [3.05, 3.63) is 28.8 Å². The Kier molecular flexibility index (Phi) is 4.72. The first-order valence-corrected chi connectivity index (χ1v) is 5.82. The minimum Gasteiger partial charge on any atom is -0.389 e. The average molecular weight is 272 g/mol. The molecule has 0 aliphatic carbocycles. The number of rotatable bonds is 4. The maximum Gasteiger partial charge on any atom is 0.241 e. The molecule has 1 amide bonds. The van der Waals surface area contributed by atoms with Crippen LogP contribution >= 0.6 is 23.8 Å². The maximum atomic E-state index is 11.4. The molecule has 0 saturated heterocycles.